The number of hydrogen-bond donors (Lipinski definition) is 0. The number of likely N-dealkylation sites (tertiary alicyclic amines) is 1. The fourth-order valence-electron chi connectivity index (χ4n) is 3.48. The molecule has 1 aliphatic heterocycles. The van der Waals surface area contributed by atoms with E-state index in [1.165, 1.54) is 6.20 Å². The summed E-state index contributed by atoms with van der Waals surface area (Å²) >= 11 is 0. The lowest BCUT2D eigenvalue weighted by molar-refractivity contribution is -0.147. The van der Waals surface area contributed by atoms with Crippen LogP contribution in [0.4, 0.5) is 13.2 Å². The van der Waals surface area contributed by atoms with Crippen LogP contribution in [0.2, 0.25) is 0 Å². The lowest BCUT2D eigenvalue weighted by Crippen LogP contribution is -2.41. The molecule has 1 fully saturated rings. The molecule has 2 aromatic heterocycles. The third kappa shape index (κ3) is 3.47. The topological polar surface area (TPSA) is 85.9 Å². The van der Waals surface area contributed by atoms with Crippen molar-refractivity contribution in [3.8, 4) is 0 Å². The highest BCUT2D eigenvalue weighted by Crippen LogP contribution is 2.28. The summed E-state index contributed by atoms with van der Waals surface area (Å²) in [5.41, 5.74) is 0.671. The number of nitrogens with zero attached hydrogens (tertiary/aromatic N) is 6. The molecule has 1 saturated heterocycles. The third-order valence-electron chi connectivity index (χ3n) is 5.02. The number of aromatic nitrogens is 5. The van der Waals surface area contributed by atoms with Gasteiger partial charge in [-0.3, -0.25) is 14.3 Å². The standard InChI is InChI=1S/C18H17F3N6O2/c1-25-16(18(19,20)21)24-27(17(25)29)11-6-8-26(9-7-11)15(28)14-10-22-12-4-2-3-5-13(12)23-14/h2-5,10-11H,6-9H2,1H3. The average Bonchev–Trinajstić information content (AvgIpc) is 3.02. The Hall–Kier alpha value is -3.24. The van der Waals surface area contributed by atoms with E-state index < -0.39 is 23.7 Å². The van der Waals surface area contributed by atoms with Crippen LogP contribution in [-0.2, 0) is 13.2 Å². The maximum absolute atomic E-state index is 13.0. The van der Waals surface area contributed by atoms with Gasteiger partial charge < -0.3 is 4.90 Å². The van der Waals surface area contributed by atoms with Gasteiger partial charge in [0, 0.05) is 20.1 Å². The van der Waals surface area contributed by atoms with Crippen molar-refractivity contribution < 1.29 is 18.0 Å². The van der Waals surface area contributed by atoms with Crippen LogP contribution in [0.25, 0.3) is 11.0 Å². The van der Waals surface area contributed by atoms with Gasteiger partial charge in [0.1, 0.15) is 5.69 Å². The molecule has 3 heterocycles. The van der Waals surface area contributed by atoms with E-state index in [9.17, 15) is 22.8 Å². The van der Waals surface area contributed by atoms with Crippen LogP contribution in [-0.4, -0.2) is 48.2 Å². The highest BCUT2D eigenvalue weighted by molar-refractivity contribution is 5.93. The predicted molar refractivity (Wildman–Crippen MR) is 96.2 cm³/mol. The van der Waals surface area contributed by atoms with Crippen molar-refractivity contribution in [3.05, 3.63) is 52.5 Å². The maximum Gasteiger partial charge on any atom is 0.451 e. The van der Waals surface area contributed by atoms with Gasteiger partial charge in [-0.25, -0.2) is 14.5 Å². The number of para-hydroxylation sites is 2. The molecule has 0 saturated carbocycles. The number of benzene rings is 1. The maximum atomic E-state index is 13.0. The smallest absolute Gasteiger partial charge is 0.337 e. The second-order valence-electron chi connectivity index (χ2n) is 6.87. The van der Waals surface area contributed by atoms with Crippen LogP contribution >= 0.6 is 0 Å². The van der Waals surface area contributed by atoms with Crippen LogP contribution in [0.15, 0.2) is 35.3 Å². The van der Waals surface area contributed by atoms with Gasteiger partial charge in [-0.2, -0.15) is 13.2 Å². The minimum atomic E-state index is -4.70. The van der Waals surface area contributed by atoms with E-state index >= 15 is 0 Å². The number of hydrogen-bond acceptors (Lipinski definition) is 5. The van der Waals surface area contributed by atoms with Gasteiger partial charge in [0.2, 0.25) is 5.82 Å². The van der Waals surface area contributed by atoms with Crippen molar-refractivity contribution in [3.63, 3.8) is 0 Å². The summed E-state index contributed by atoms with van der Waals surface area (Å²) in [5, 5.41) is 3.48. The molecule has 29 heavy (non-hydrogen) atoms. The van der Waals surface area contributed by atoms with Crippen LogP contribution < -0.4 is 5.69 Å². The van der Waals surface area contributed by atoms with Gasteiger partial charge in [-0.05, 0) is 25.0 Å². The lowest BCUT2D eigenvalue weighted by atomic mass is 10.1. The second kappa shape index (κ2) is 6.98. The SMILES string of the molecule is Cn1c(C(F)(F)F)nn(C2CCN(C(=O)c3cnc4ccccc4n3)CC2)c1=O. The zero-order valence-electron chi connectivity index (χ0n) is 15.4. The minimum Gasteiger partial charge on any atom is -0.337 e. The zero-order chi connectivity index (χ0) is 20.8. The van der Waals surface area contributed by atoms with Gasteiger partial charge in [-0.15, -0.1) is 5.10 Å². The number of piperidine rings is 1. The van der Waals surface area contributed by atoms with Gasteiger partial charge in [0.05, 0.1) is 23.3 Å². The molecule has 1 aromatic carbocycles. The van der Waals surface area contributed by atoms with Crippen LogP contribution in [0.5, 0.6) is 0 Å². The summed E-state index contributed by atoms with van der Waals surface area (Å²) in [6.07, 6.45) is -2.65. The minimum absolute atomic E-state index is 0.205. The summed E-state index contributed by atoms with van der Waals surface area (Å²) in [5.74, 6) is -1.53. The molecule has 0 unspecified atom stereocenters. The Balaban J connectivity index is 1.49. The molecule has 11 heteroatoms. The summed E-state index contributed by atoms with van der Waals surface area (Å²) in [7, 11) is 1.05. The average molecular weight is 406 g/mol. The normalized spacial score (nSPS) is 15.8. The van der Waals surface area contributed by atoms with E-state index in [0.717, 1.165) is 11.7 Å². The van der Waals surface area contributed by atoms with Crippen molar-refractivity contribution in [2.24, 2.45) is 7.05 Å². The molecule has 8 nitrogen and oxygen atoms in total. The monoisotopic (exact) mass is 406 g/mol. The van der Waals surface area contributed by atoms with E-state index in [2.05, 4.69) is 15.1 Å². The molecule has 0 radical (unpaired) electrons. The van der Waals surface area contributed by atoms with Crippen LogP contribution in [0.3, 0.4) is 0 Å². The number of alkyl halides is 3. The van der Waals surface area contributed by atoms with E-state index in [0.29, 0.717) is 28.4 Å². The first-order valence-corrected chi connectivity index (χ1v) is 8.99. The summed E-state index contributed by atoms with van der Waals surface area (Å²) in [6.45, 7) is 0.560. The molecule has 0 aliphatic carbocycles. The Bertz CT molecular complexity index is 1130. The highest BCUT2D eigenvalue weighted by Gasteiger charge is 2.39. The largest absolute Gasteiger partial charge is 0.451 e. The van der Waals surface area contributed by atoms with Crippen LogP contribution in [0, 0.1) is 0 Å². The Labute approximate surface area is 162 Å². The molecule has 4 rings (SSSR count). The van der Waals surface area contributed by atoms with E-state index in [1.807, 2.05) is 6.07 Å². The van der Waals surface area contributed by atoms with Crippen molar-refractivity contribution in [1.29, 1.82) is 0 Å². The Morgan fingerprint density at radius 1 is 1.14 bits per heavy atom. The fourth-order valence-corrected chi connectivity index (χ4v) is 3.48. The van der Waals surface area contributed by atoms with Gasteiger partial charge in [-0.1, -0.05) is 12.1 Å². The molecule has 0 atom stereocenters. The first-order valence-electron chi connectivity index (χ1n) is 8.99. The highest BCUT2D eigenvalue weighted by atomic mass is 19.4. The lowest BCUT2D eigenvalue weighted by Gasteiger charge is -2.31. The summed E-state index contributed by atoms with van der Waals surface area (Å²) < 4.78 is 40.3. The quantitative estimate of drug-likeness (QED) is 0.650. The number of fused-ring (bicyclic) bond motifs is 1. The van der Waals surface area contributed by atoms with Crippen molar-refractivity contribution in [2.45, 2.75) is 25.1 Å². The second-order valence-corrected chi connectivity index (χ2v) is 6.87. The van der Waals surface area contributed by atoms with Crippen molar-refractivity contribution in [1.82, 2.24) is 29.2 Å². The first kappa shape index (κ1) is 19.1. The number of carbonyl (C=O) groups is 1. The van der Waals surface area contributed by atoms with Crippen LogP contribution in [0.1, 0.15) is 35.2 Å². The Morgan fingerprint density at radius 3 is 2.41 bits per heavy atom. The molecule has 1 amide bonds. The zero-order valence-corrected chi connectivity index (χ0v) is 15.4. The Kier molecular flexibility index (Phi) is 4.59. The molecule has 0 bridgehead atoms. The van der Waals surface area contributed by atoms with Crippen molar-refractivity contribution in [2.75, 3.05) is 13.1 Å². The molecular formula is C18H17F3N6O2. The van der Waals surface area contributed by atoms with E-state index in [4.69, 9.17) is 0 Å². The molecule has 152 valence electrons. The molecular weight excluding hydrogens is 389 g/mol. The molecule has 1 aliphatic rings. The van der Waals surface area contributed by atoms with Gasteiger partial charge in [0.15, 0.2) is 0 Å². The van der Waals surface area contributed by atoms with Gasteiger partial charge in [0.25, 0.3) is 5.91 Å². The summed E-state index contributed by atoms with van der Waals surface area (Å²) in [4.78, 5) is 35.0. The number of carbonyl (C=O) groups excluding carboxylic acids is 1. The molecule has 0 spiro atoms. The number of halogens is 3. The third-order valence-corrected chi connectivity index (χ3v) is 5.02. The Morgan fingerprint density at radius 2 is 1.79 bits per heavy atom. The predicted octanol–water partition coefficient (Wildman–Crippen LogP) is 2.02. The fraction of sp³-hybridized carbons (Fsp3) is 0.389. The van der Waals surface area contributed by atoms with Gasteiger partial charge >= 0.3 is 11.9 Å². The van der Waals surface area contributed by atoms with E-state index in [1.54, 1.807) is 23.1 Å². The van der Waals surface area contributed by atoms with E-state index in [-0.39, 0.29) is 24.7 Å². The van der Waals surface area contributed by atoms with Crippen molar-refractivity contribution >= 4 is 16.9 Å². The first-order chi connectivity index (χ1) is 13.8. The molecule has 0 N–H and O–H groups in total. The number of amides is 1. The number of rotatable bonds is 2. The summed E-state index contributed by atoms with van der Waals surface area (Å²) in [6, 6.07) is 6.68. The molecule has 3 aromatic rings.